The van der Waals surface area contributed by atoms with E-state index in [9.17, 15) is 13.2 Å². The number of carbonyl (C=O) groups is 1. The van der Waals surface area contributed by atoms with Crippen molar-refractivity contribution in [2.24, 2.45) is 0 Å². The number of amides is 1. The molecule has 1 fully saturated rings. The van der Waals surface area contributed by atoms with Crippen LogP contribution in [-0.2, 0) is 23.0 Å². The fourth-order valence-electron chi connectivity index (χ4n) is 4.62. The molecule has 5 rings (SSSR count). The number of nitrogens with zero attached hydrogens (tertiary/aromatic N) is 3. The summed E-state index contributed by atoms with van der Waals surface area (Å²) < 4.78 is 33.9. The molecule has 7 nitrogen and oxygen atoms in total. The molecule has 0 saturated carbocycles. The molecule has 0 atom stereocenters. The standard InChI is InChI=1S/C25H27N3O4S2/c1-32-24-7-6-21(34(30,31)28-10-8-20-4-2-3-5-23(20)28)16-22(24)25(29)27-13-11-26(12-14-27)17-19-9-15-33-18-19/h2-7,9,15-16,18H,8,10-14,17H2,1H3. The van der Waals surface area contributed by atoms with Crippen LogP contribution in [0.5, 0.6) is 5.75 Å². The maximum absolute atomic E-state index is 13.5. The van der Waals surface area contributed by atoms with Gasteiger partial charge in [-0.05, 0) is 58.6 Å². The Labute approximate surface area is 204 Å². The molecular formula is C25H27N3O4S2. The Hall–Kier alpha value is -2.88. The number of benzene rings is 2. The molecule has 3 heterocycles. The van der Waals surface area contributed by atoms with Gasteiger partial charge in [0.25, 0.3) is 15.9 Å². The normalized spacial score (nSPS) is 16.5. The van der Waals surface area contributed by atoms with E-state index in [4.69, 9.17) is 4.74 Å². The second kappa shape index (κ2) is 9.40. The van der Waals surface area contributed by atoms with E-state index >= 15 is 0 Å². The maximum atomic E-state index is 13.5. The van der Waals surface area contributed by atoms with Crippen molar-refractivity contribution in [3.8, 4) is 5.75 Å². The summed E-state index contributed by atoms with van der Waals surface area (Å²) in [6, 6.07) is 14.2. The fourth-order valence-corrected chi connectivity index (χ4v) is 6.81. The van der Waals surface area contributed by atoms with Crippen LogP contribution in [0.1, 0.15) is 21.5 Å². The van der Waals surface area contributed by atoms with Gasteiger partial charge < -0.3 is 9.64 Å². The van der Waals surface area contributed by atoms with E-state index in [1.54, 1.807) is 22.3 Å². The zero-order chi connectivity index (χ0) is 23.7. The van der Waals surface area contributed by atoms with Crippen molar-refractivity contribution in [2.45, 2.75) is 17.9 Å². The topological polar surface area (TPSA) is 70.2 Å². The number of methoxy groups -OCH3 is 1. The number of fused-ring (bicyclic) bond motifs is 1. The van der Waals surface area contributed by atoms with Crippen LogP contribution in [0.15, 0.2) is 64.2 Å². The molecule has 0 aliphatic carbocycles. The van der Waals surface area contributed by atoms with Crippen LogP contribution in [0.3, 0.4) is 0 Å². The molecule has 0 unspecified atom stereocenters. The summed E-state index contributed by atoms with van der Waals surface area (Å²) in [5.41, 5.74) is 3.28. The van der Waals surface area contributed by atoms with Crippen molar-refractivity contribution < 1.29 is 17.9 Å². The third-order valence-corrected chi connectivity index (χ3v) is 9.02. The molecule has 2 aromatic carbocycles. The van der Waals surface area contributed by atoms with E-state index in [-0.39, 0.29) is 16.4 Å². The number of carbonyl (C=O) groups excluding carboxylic acids is 1. The van der Waals surface area contributed by atoms with Crippen LogP contribution in [0.2, 0.25) is 0 Å². The molecule has 3 aromatic rings. The Morgan fingerprint density at radius 1 is 1.03 bits per heavy atom. The van der Waals surface area contributed by atoms with Gasteiger partial charge in [-0.2, -0.15) is 11.3 Å². The maximum Gasteiger partial charge on any atom is 0.264 e. The van der Waals surface area contributed by atoms with Crippen molar-refractivity contribution in [1.82, 2.24) is 9.80 Å². The Balaban J connectivity index is 1.36. The lowest BCUT2D eigenvalue weighted by atomic mass is 10.1. The van der Waals surface area contributed by atoms with Gasteiger partial charge in [-0.3, -0.25) is 14.0 Å². The lowest BCUT2D eigenvalue weighted by molar-refractivity contribution is 0.0625. The first-order chi connectivity index (χ1) is 16.5. The molecular weight excluding hydrogens is 470 g/mol. The number of ether oxygens (including phenoxy) is 1. The van der Waals surface area contributed by atoms with Crippen LogP contribution in [0, 0.1) is 0 Å². The number of anilines is 1. The fraction of sp³-hybridized carbons (Fsp3) is 0.320. The second-order valence-electron chi connectivity index (χ2n) is 8.52. The van der Waals surface area contributed by atoms with Crippen molar-refractivity contribution in [3.63, 3.8) is 0 Å². The molecule has 9 heteroatoms. The molecule has 1 saturated heterocycles. The van der Waals surface area contributed by atoms with Crippen LogP contribution >= 0.6 is 11.3 Å². The number of sulfonamides is 1. The summed E-state index contributed by atoms with van der Waals surface area (Å²) in [5.74, 6) is 0.178. The summed E-state index contributed by atoms with van der Waals surface area (Å²) >= 11 is 1.69. The Kier molecular flexibility index (Phi) is 6.33. The summed E-state index contributed by atoms with van der Waals surface area (Å²) in [7, 11) is -2.31. The van der Waals surface area contributed by atoms with Crippen molar-refractivity contribution in [2.75, 3.05) is 44.1 Å². The quantitative estimate of drug-likeness (QED) is 0.522. The Morgan fingerprint density at radius 2 is 1.82 bits per heavy atom. The SMILES string of the molecule is COc1ccc(S(=O)(=O)N2CCc3ccccc32)cc1C(=O)N1CCN(Cc2ccsc2)CC1. The monoisotopic (exact) mass is 497 g/mol. The minimum atomic E-state index is -3.80. The Bertz CT molecular complexity index is 1280. The molecule has 0 bridgehead atoms. The van der Waals surface area contributed by atoms with Crippen LogP contribution in [0.25, 0.3) is 0 Å². The molecule has 178 valence electrons. The summed E-state index contributed by atoms with van der Waals surface area (Å²) in [5, 5.41) is 4.22. The lowest BCUT2D eigenvalue weighted by Crippen LogP contribution is -2.48. The first-order valence-corrected chi connectivity index (χ1v) is 13.7. The third kappa shape index (κ3) is 4.31. The number of piperazine rings is 1. The number of para-hydroxylation sites is 1. The van der Waals surface area contributed by atoms with Gasteiger partial charge in [0.1, 0.15) is 5.75 Å². The van der Waals surface area contributed by atoms with Crippen LogP contribution < -0.4 is 9.04 Å². The number of rotatable bonds is 6. The molecule has 2 aliphatic rings. The zero-order valence-electron chi connectivity index (χ0n) is 19.0. The van der Waals surface area contributed by atoms with Crippen molar-refractivity contribution >= 4 is 33.0 Å². The number of thiophene rings is 1. The molecule has 1 amide bonds. The summed E-state index contributed by atoms with van der Waals surface area (Å²) in [4.78, 5) is 17.6. The van der Waals surface area contributed by atoms with E-state index in [0.29, 0.717) is 37.5 Å². The predicted octanol–water partition coefficient (Wildman–Crippen LogP) is 3.47. The minimum Gasteiger partial charge on any atom is -0.496 e. The van der Waals surface area contributed by atoms with Gasteiger partial charge in [-0.25, -0.2) is 8.42 Å². The molecule has 1 aromatic heterocycles. The highest BCUT2D eigenvalue weighted by atomic mass is 32.2. The molecule has 0 N–H and O–H groups in total. The van der Waals surface area contributed by atoms with Gasteiger partial charge in [-0.15, -0.1) is 0 Å². The van der Waals surface area contributed by atoms with Crippen LogP contribution in [0.4, 0.5) is 5.69 Å². The van der Waals surface area contributed by atoms with Crippen molar-refractivity contribution in [1.29, 1.82) is 0 Å². The summed E-state index contributed by atoms with van der Waals surface area (Å²) in [6.07, 6.45) is 0.674. The first kappa shape index (κ1) is 22.9. The van der Waals surface area contributed by atoms with Gasteiger partial charge >= 0.3 is 0 Å². The average Bonchev–Trinajstić information content (AvgIpc) is 3.54. The van der Waals surface area contributed by atoms with Gasteiger partial charge in [-0.1, -0.05) is 18.2 Å². The van der Waals surface area contributed by atoms with E-state index in [1.165, 1.54) is 29.1 Å². The van der Waals surface area contributed by atoms with Gasteiger partial charge in [0.15, 0.2) is 0 Å². The molecule has 2 aliphatic heterocycles. The largest absolute Gasteiger partial charge is 0.496 e. The van der Waals surface area contributed by atoms with E-state index in [0.717, 1.165) is 25.2 Å². The average molecular weight is 498 g/mol. The first-order valence-electron chi connectivity index (χ1n) is 11.3. The Morgan fingerprint density at radius 3 is 2.56 bits per heavy atom. The highest BCUT2D eigenvalue weighted by Gasteiger charge is 2.32. The van der Waals surface area contributed by atoms with E-state index < -0.39 is 10.0 Å². The highest BCUT2D eigenvalue weighted by Crippen LogP contribution is 2.34. The lowest BCUT2D eigenvalue weighted by Gasteiger charge is -2.35. The molecule has 34 heavy (non-hydrogen) atoms. The molecule has 0 radical (unpaired) electrons. The number of hydrogen-bond donors (Lipinski definition) is 0. The van der Waals surface area contributed by atoms with Gasteiger partial charge in [0, 0.05) is 39.3 Å². The third-order valence-electron chi connectivity index (χ3n) is 6.48. The van der Waals surface area contributed by atoms with Gasteiger partial charge in [0.2, 0.25) is 0 Å². The van der Waals surface area contributed by atoms with Crippen LogP contribution in [-0.4, -0.2) is 64.0 Å². The van der Waals surface area contributed by atoms with Gasteiger partial charge in [0.05, 0.1) is 23.3 Å². The highest BCUT2D eigenvalue weighted by molar-refractivity contribution is 7.92. The number of hydrogen-bond acceptors (Lipinski definition) is 6. The predicted molar refractivity (Wildman–Crippen MR) is 133 cm³/mol. The second-order valence-corrected chi connectivity index (χ2v) is 11.2. The smallest absolute Gasteiger partial charge is 0.264 e. The van der Waals surface area contributed by atoms with E-state index in [2.05, 4.69) is 21.7 Å². The molecule has 0 spiro atoms. The van der Waals surface area contributed by atoms with E-state index in [1.807, 2.05) is 24.3 Å². The van der Waals surface area contributed by atoms with Crippen molar-refractivity contribution in [3.05, 3.63) is 76.0 Å². The zero-order valence-corrected chi connectivity index (χ0v) is 20.6. The minimum absolute atomic E-state index is 0.101. The summed E-state index contributed by atoms with van der Waals surface area (Å²) in [6.45, 7) is 3.98.